The van der Waals surface area contributed by atoms with Crippen molar-refractivity contribution in [2.75, 3.05) is 4.90 Å². The van der Waals surface area contributed by atoms with Gasteiger partial charge in [0.15, 0.2) is 0 Å². The molecule has 1 heteroatoms. The van der Waals surface area contributed by atoms with E-state index in [2.05, 4.69) is 193 Å². The molecule has 0 radical (unpaired) electrons. The summed E-state index contributed by atoms with van der Waals surface area (Å²) < 4.78 is 0. The Balaban J connectivity index is 1.33. The molecule has 0 aromatic heterocycles. The average molecular weight is 598 g/mol. The number of nitrogens with zero attached hydrogens (tertiary/aromatic N) is 1. The summed E-state index contributed by atoms with van der Waals surface area (Å²) in [6.07, 6.45) is 0. The standard InChI is InChI=1S/C46H31N/c1-2-12-33(13-3-1)41-19-8-9-22-43(41)47(38-30-28-35(29-31-38)40-21-10-16-32-14-4-6-18-39(32)40)44-23-11-17-36-26-27-37-25-24-34-15-5-7-20-42(34)45(37)46(36)44/h1-31H. The molecule has 0 aliphatic carbocycles. The third-order valence-electron chi connectivity index (χ3n) is 9.43. The van der Waals surface area contributed by atoms with Crippen LogP contribution in [0.1, 0.15) is 0 Å². The molecule has 0 unspecified atom stereocenters. The maximum absolute atomic E-state index is 2.46. The molecule has 9 aromatic rings. The second-order valence-electron chi connectivity index (χ2n) is 12.1. The molecule has 0 aliphatic rings. The fraction of sp³-hybridized carbons (Fsp3) is 0. The monoisotopic (exact) mass is 597 g/mol. The number of benzene rings is 9. The summed E-state index contributed by atoms with van der Waals surface area (Å²) in [5.41, 5.74) is 8.24. The van der Waals surface area contributed by atoms with Crippen molar-refractivity contribution in [3.63, 3.8) is 0 Å². The van der Waals surface area contributed by atoms with Crippen molar-refractivity contribution >= 4 is 60.2 Å². The molecule has 0 atom stereocenters. The Morgan fingerprint density at radius 2 is 0.787 bits per heavy atom. The van der Waals surface area contributed by atoms with E-state index < -0.39 is 0 Å². The van der Waals surface area contributed by atoms with Gasteiger partial charge in [-0.05, 0) is 78.7 Å². The first-order chi connectivity index (χ1) is 23.3. The van der Waals surface area contributed by atoms with Crippen LogP contribution in [0.25, 0.3) is 65.3 Å². The van der Waals surface area contributed by atoms with Gasteiger partial charge in [0.2, 0.25) is 0 Å². The lowest BCUT2D eigenvalue weighted by Crippen LogP contribution is -2.12. The molecule has 9 aromatic carbocycles. The molecule has 0 spiro atoms. The molecule has 0 fully saturated rings. The Hall–Kier alpha value is -6.18. The van der Waals surface area contributed by atoms with Crippen molar-refractivity contribution in [1.29, 1.82) is 0 Å². The Labute approximate surface area is 274 Å². The zero-order valence-electron chi connectivity index (χ0n) is 25.8. The van der Waals surface area contributed by atoms with Crippen molar-refractivity contribution in [2.24, 2.45) is 0 Å². The summed E-state index contributed by atoms with van der Waals surface area (Å²) in [6.45, 7) is 0. The average Bonchev–Trinajstić information content (AvgIpc) is 3.15. The van der Waals surface area contributed by atoms with Crippen molar-refractivity contribution in [2.45, 2.75) is 0 Å². The van der Waals surface area contributed by atoms with E-state index in [1.807, 2.05) is 0 Å². The Bertz CT molecular complexity index is 2550. The minimum absolute atomic E-state index is 1.11. The molecule has 0 heterocycles. The highest BCUT2D eigenvalue weighted by molar-refractivity contribution is 6.24. The van der Waals surface area contributed by atoms with Crippen LogP contribution in [0, 0.1) is 0 Å². The minimum atomic E-state index is 1.11. The Morgan fingerprint density at radius 1 is 0.277 bits per heavy atom. The lowest BCUT2D eigenvalue weighted by molar-refractivity contribution is 1.30. The van der Waals surface area contributed by atoms with Crippen LogP contribution in [0.2, 0.25) is 0 Å². The van der Waals surface area contributed by atoms with E-state index in [0.29, 0.717) is 0 Å². The Morgan fingerprint density at radius 3 is 1.60 bits per heavy atom. The highest BCUT2D eigenvalue weighted by atomic mass is 15.1. The van der Waals surface area contributed by atoms with Gasteiger partial charge in [-0.25, -0.2) is 0 Å². The van der Waals surface area contributed by atoms with Crippen LogP contribution in [-0.4, -0.2) is 0 Å². The van der Waals surface area contributed by atoms with E-state index in [1.54, 1.807) is 0 Å². The molecule has 0 aliphatic heterocycles. The van der Waals surface area contributed by atoms with Crippen LogP contribution >= 0.6 is 0 Å². The van der Waals surface area contributed by atoms with Crippen molar-refractivity contribution in [3.05, 3.63) is 188 Å². The molecular weight excluding hydrogens is 567 g/mol. The fourth-order valence-corrected chi connectivity index (χ4v) is 7.25. The largest absolute Gasteiger partial charge is 0.309 e. The smallest absolute Gasteiger partial charge is 0.0546 e. The zero-order chi connectivity index (χ0) is 31.2. The molecule has 47 heavy (non-hydrogen) atoms. The van der Waals surface area contributed by atoms with E-state index in [-0.39, 0.29) is 0 Å². The van der Waals surface area contributed by atoms with Gasteiger partial charge >= 0.3 is 0 Å². The predicted molar refractivity (Wildman–Crippen MR) is 202 cm³/mol. The van der Waals surface area contributed by atoms with E-state index in [9.17, 15) is 0 Å². The number of hydrogen-bond donors (Lipinski definition) is 0. The first-order valence-electron chi connectivity index (χ1n) is 16.2. The predicted octanol–water partition coefficient (Wildman–Crippen LogP) is 13.1. The molecule has 9 rings (SSSR count). The van der Waals surface area contributed by atoms with Gasteiger partial charge in [0.25, 0.3) is 0 Å². The topological polar surface area (TPSA) is 3.24 Å². The van der Waals surface area contributed by atoms with E-state index in [1.165, 1.54) is 65.3 Å². The number of para-hydroxylation sites is 1. The second-order valence-corrected chi connectivity index (χ2v) is 12.1. The molecule has 0 N–H and O–H groups in total. The van der Waals surface area contributed by atoms with Crippen LogP contribution < -0.4 is 4.90 Å². The number of fused-ring (bicyclic) bond motifs is 6. The lowest BCUT2D eigenvalue weighted by atomic mass is 9.94. The van der Waals surface area contributed by atoms with Crippen LogP contribution in [-0.2, 0) is 0 Å². The quantitative estimate of drug-likeness (QED) is 0.178. The molecule has 220 valence electrons. The maximum Gasteiger partial charge on any atom is 0.0546 e. The van der Waals surface area contributed by atoms with Crippen LogP contribution in [0.15, 0.2) is 188 Å². The van der Waals surface area contributed by atoms with Gasteiger partial charge in [0.05, 0.1) is 11.4 Å². The second kappa shape index (κ2) is 11.3. The van der Waals surface area contributed by atoms with Gasteiger partial charge in [-0.1, -0.05) is 164 Å². The molecule has 0 amide bonds. The van der Waals surface area contributed by atoms with E-state index in [4.69, 9.17) is 0 Å². The third-order valence-corrected chi connectivity index (χ3v) is 9.43. The minimum Gasteiger partial charge on any atom is -0.309 e. The highest BCUT2D eigenvalue weighted by Gasteiger charge is 2.21. The molecule has 1 nitrogen and oxygen atoms in total. The number of hydrogen-bond acceptors (Lipinski definition) is 1. The summed E-state index contributed by atoms with van der Waals surface area (Å²) in [5, 5.41) is 10.0. The van der Waals surface area contributed by atoms with Crippen LogP contribution in [0.4, 0.5) is 17.1 Å². The van der Waals surface area contributed by atoms with Gasteiger partial charge in [0, 0.05) is 16.6 Å². The number of anilines is 3. The Kier molecular flexibility index (Phi) is 6.54. The van der Waals surface area contributed by atoms with Crippen LogP contribution in [0.3, 0.4) is 0 Å². The normalized spacial score (nSPS) is 11.4. The van der Waals surface area contributed by atoms with Crippen molar-refractivity contribution in [3.8, 4) is 22.3 Å². The SMILES string of the molecule is c1ccc(-c2ccccc2N(c2ccc(-c3cccc4ccccc34)cc2)c2cccc3ccc4ccc5ccccc5c4c23)cc1. The van der Waals surface area contributed by atoms with Gasteiger partial charge in [-0.2, -0.15) is 0 Å². The zero-order valence-corrected chi connectivity index (χ0v) is 25.8. The molecule has 0 bridgehead atoms. The molecular formula is C46H31N. The van der Waals surface area contributed by atoms with Crippen molar-refractivity contribution < 1.29 is 0 Å². The fourth-order valence-electron chi connectivity index (χ4n) is 7.25. The molecule has 0 saturated heterocycles. The third kappa shape index (κ3) is 4.64. The first kappa shape index (κ1) is 27.2. The maximum atomic E-state index is 2.46. The molecule has 0 saturated carbocycles. The summed E-state index contributed by atoms with van der Waals surface area (Å²) in [6, 6.07) is 68.3. The van der Waals surface area contributed by atoms with Gasteiger partial charge < -0.3 is 4.90 Å². The first-order valence-corrected chi connectivity index (χ1v) is 16.2. The summed E-state index contributed by atoms with van der Waals surface area (Å²) in [7, 11) is 0. The summed E-state index contributed by atoms with van der Waals surface area (Å²) >= 11 is 0. The van der Waals surface area contributed by atoms with Gasteiger partial charge in [-0.15, -0.1) is 0 Å². The lowest BCUT2D eigenvalue weighted by Gasteiger charge is -2.30. The van der Waals surface area contributed by atoms with Crippen LogP contribution in [0.5, 0.6) is 0 Å². The number of rotatable bonds is 5. The summed E-state index contributed by atoms with van der Waals surface area (Å²) in [4.78, 5) is 2.46. The highest BCUT2D eigenvalue weighted by Crippen LogP contribution is 2.46. The van der Waals surface area contributed by atoms with Crippen molar-refractivity contribution in [1.82, 2.24) is 0 Å². The van der Waals surface area contributed by atoms with Gasteiger partial charge in [-0.3, -0.25) is 0 Å². The van der Waals surface area contributed by atoms with E-state index in [0.717, 1.165) is 17.1 Å². The summed E-state index contributed by atoms with van der Waals surface area (Å²) in [5.74, 6) is 0. The van der Waals surface area contributed by atoms with E-state index >= 15 is 0 Å². The van der Waals surface area contributed by atoms with Gasteiger partial charge in [0.1, 0.15) is 0 Å².